The van der Waals surface area contributed by atoms with Gasteiger partial charge in [0.15, 0.2) is 0 Å². The molecule has 3 aromatic rings. The molecule has 1 aromatic heterocycles. The first-order valence-electron chi connectivity index (χ1n) is 11.1. The van der Waals surface area contributed by atoms with Crippen molar-refractivity contribution >= 4 is 17.5 Å². The second-order valence-corrected chi connectivity index (χ2v) is 8.43. The van der Waals surface area contributed by atoms with Gasteiger partial charge in [0.25, 0.3) is 5.91 Å². The second-order valence-electron chi connectivity index (χ2n) is 8.43. The van der Waals surface area contributed by atoms with Crippen LogP contribution in [0.25, 0.3) is 0 Å². The highest BCUT2D eigenvalue weighted by atomic mass is 16.2. The number of nitrogens with zero attached hydrogens (tertiary/aromatic N) is 2. The predicted molar refractivity (Wildman–Crippen MR) is 122 cm³/mol. The van der Waals surface area contributed by atoms with E-state index < -0.39 is 0 Å². The minimum atomic E-state index is -0.162. The van der Waals surface area contributed by atoms with Crippen LogP contribution < -0.4 is 5.32 Å². The van der Waals surface area contributed by atoms with E-state index in [0.29, 0.717) is 5.56 Å². The molecular weight excluding hydrogens is 386 g/mol. The molecule has 1 aliphatic carbocycles. The fourth-order valence-electron chi connectivity index (χ4n) is 4.36. The summed E-state index contributed by atoms with van der Waals surface area (Å²) in [7, 11) is 0. The van der Waals surface area contributed by atoms with Crippen molar-refractivity contribution in [1.29, 1.82) is 0 Å². The number of benzene rings is 2. The molecule has 0 bridgehead atoms. The maximum atomic E-state index is 13.1. The van der Waals surface area contributed by atoms with Gasteiger partial charge in [-0.25, -0.2) is 4.68 Å². The fourth-order valence-corrected chi connectivity index (χ4v) is 4.36. The number of carbonyl (C=O) groups is 2. The number of hydrogen-bond acceptors (Lipinski definition) is 3. The molecule has 160 valence electrons. The van der Waals surface area contributed by atoms with Crippen molar-refractivity contribution in [2.75, 3.05) is 5.32 Å². The second kappa shape index (κ2) is 9.29. The van der Waals surface area contributed by atoms with Crippen LogP contribution in [0.4, 0.5) is 5.69 Å². The van der Waals surface area contributed by atoms with Gasteiger partial charge >= 0.3 is 0 Å². The maximum absolute atomic E-state index is 13.1. The Morgan fingerprint density at radius 2 is 1.65 bits per heavy atom. The molecule has 1 heterocycles. The highest BCUT2D eigenvalue weighted by Gasteiger charge is 2.22. The molecular formula is C26H29N3O2. The van der Waals surface area contributed by atoms with Gasteiger partial charge in [0, 0.05) is 34.8 Å². The van der Waals surface area contributed by atoms with E-state index in [9.17, 15) is 9.59 Å². The van der Waals surface area contributed by atoms with Crippen molar-refractivity contribution in [3.63, 3.8) is 0 Å². The molecule has 5 nitrogen and oxygen atoms in total. The number of rotatable bonds is 5. The lowest BCUT2D eigenvalue weighted by Gasteiger charge is -2.20. The number of anilines is 1. The zero-order chi connectivity index (χ0) is 21.8. The zero-order valence-corrected chi connectivity index (χ0v) is 18.2. The number of aromatic nitrogens is 2. The first-order valence-corrected chi connectivity index (χ1v) is 11.1. The van der Waals surface area contributed by atoms with Crippen molar-refractivity contribution in [3.05, 3.63) is 82.7 Å². The fraction of sp³-hybridized carbons (Fsp3) is 0.346. The molecule has 0 saturated heterocycles. The summed E-state index contributed by atoms with van der Waals surface area (Å²) >= 11 is 0. The van der Waals surface area contributed by atoms with Crippen LogP contribution in [-0.2, 0) is 11.2 Å². The Labute approximate surface area is 183 Å². The molecule has 1 aliphatic rings. The highest BCUT2D eigenvalue weighted by molar-refractivity contribution is 5.97. The van der Waals surface area contributed by atoms with Crippen LogP contribution >= 0.6 is 0 Å². The molecule has 0 spiro atoms. The van der Waals surface area contributed by atoms with Crippen molar-refractivity contribution in [2.24, 2.45) is 5.92 Å². The third kappa shape index (κ3) is 4.76. The van der Waals surface area contributed by atoms with Gasteiger partial charge in [0.05, 0.1) is 5.69 Å². The Kier molecular flexibility index (Phi) is 6.31. The molecule has 2 aromatic carbocycles. The molecule has 31 heavy (non-hydrogen) atoms. The lowest BCUT2D eigenvalue weighted by molar-refractivity contribution is -0.120. The molecule has 0 radical (unpaired) electrons. The van der Waals surface area contributed by atoms with Gasteiger partial charge in [-0.3, -0.25) is 9.59 Å². The molecule has 0 aliphatic heterocycles. The Morgan fingerprint density at radius 1 is 0.968 bits per heavy atom. The minimum Gasteiger partial charge on any atom is -0.326 e. The van der Waals surface area contributed by atoms with Crippen LogP contribution in [0.3, 0.4) is 0 Å². The van der Waals surface area contributed by atoms with Gasteiger partial charge in [0.1, 0.15) is 0 Å². The number of carbonyl (C=O) groups excluding carboxylic acids is 2. The number of nitrogens with one attached hydrogen (secondary N) is 1. The summed E-state index contributed by atoms with van der Waals surface area (Å²) in [5.41, 5.74) is 5.28. The van der Waals surface area contributed by atoms with E-state index in [1.165, 1.54) is 16.7 Å². The molecule has 1 fully saturated rings. The molecule has 0 unspecified atom stereocenters. The molecule has 1 saturated carbocycles. The largest absolute Gasteiger partial charge is 0.326 e. The van der Waals surface area contributed by atoms with Gasteiger partial charge in [-0.1, -0.05) is 49.6 Å². The minimum absolute atomic E-state index is 0.0860. The van der Waals surface area contributed by atoms with Crippen molar-refractivity contribution in [1.82, 2.24) is 9.78 Å². The first-order chi connectivity index (χ1) is 15.0. The average Bonchev–Trinajstić information content (AvgIpc) is 3.08. The number of hydrogen-bond donors (Lipinski definition) is 1. The maximum Gasteiger partial charge on any atom is 0.278 e. The summed E-state index contributed by atoms with van der Waals surface area (Å²) in [5.74, 6) is 0.0285. The van der Waals surface area contributed by atoms with E-state index in [0.717, 1.165) is 54.7 Å². The van der Waals surface area contributed by atoms with E-state index in [1.807, 2.05) is 32.0 Å². The predicted octanol–water partition coefficient (Wildman–Crippen LogP) is 5.30. The van der Waals surface area contributed by atoms with Crippen LogP contribution in [0, 0.1) is 19.8 Å². The molecule has 4 rings (SSSR count). The average molecular weight is 416 g/mol. The van der Waals surface area contributed by atoms with Crippen LogP contribution in [-0.4, -0.2) is 21.6 Å². The summed E-state index contributed by atoms with van der Waals surface area (Å²) < 4.78 is 1.49. The monoisotopic (exact) mass is 415 g/mol. The Balaban J connectivity index is 1.47. The Morgan fingerprint density at radius 3 is 2.32 bits per heavy atom. The van der Waals surface area contributed by atoms with Crippen LogP contribution in [0.15, 0.2) is 54.6 Å². The van der Waals surface area contributed by atoms with Crippen LogP contribution in [0.1, 0.15) is 65.0 Å². The third-order valence-corrected chi connectivity index (χ3v) is 6.23. The van der Waals surface area contributed by atoms with E-state index >= 15 is 0 Å². The standard InChI is InChI=1S/C26H29N3O2/c1-18-24(17-20-9-5-3-6-10-20)19(2)29(28-18)26(31)22-13-15-23(16-14-22)27-25(30)21-11-7-4-8-12-21/h3,5-6,9-10,13-16,21H,4,7-8,11-12,17H2,1-2H3,(H,27,30). The number of aryl methyl sites for hydroxylation is 1. The lowest BCUT2D eigenvalue weighted by atomic mass is 9.88. The quantitative estimate of drug-likeness (QED) is 0.615. The van der Waals surface area contributed by atoms with E-state index in [4.69, 9.17) is 0 Å². The molecule has 0 atom stereocenters. The van der Waals surface area contributed by atoms with Crippen LogP contribution in [0.2, 0.25) is 0 Å². The lowest BCUT2D eigenvalue weighted by Crippen LogP contribution is -2.24. The van der Waals surface area contributed by atoms with Gasteiger partial charge in [-0.05, 0) is 56.5 Å². The Bertz CT molecular complexity index is 1060. The number of amides is 1. The normalized spacial score (nSPS) is 14.4. The Hall–Kier alpha value is -3.21. The smallest absolute Gasteiger partial charge is 0.278 e. The molecule has 5 heteroatoms. The zero-order valence-electron chi connectivity index (χ0n) is 18.2. The van der Waals surface area contributed by atoms with Crippen molar-refractivity contribution in [2.45, 2.75) is 52.4 Å². The summed E-state index contributed by atoms with van der Waals surface area (Å²) in [6.07, 6.45) is 6.15. The topological polar surface area (TPSA) is 64.0 Å². The first kappa shape index (κ1) is 21.0. The van der Waals surface area contributed by atoms with Crippen molar-refractivity contribution < 1.29 is 9.59 Å². The van der Waals surface area contributed by atoms with E-state index in [-0.39, 0.29) is 17.7 Å². The van der Waals surface area contributed by atoms with Gasteiger partial charge in [-0.15, -0.1) is 0 Å². The summed E-state index contributed by atoms with van der Waals surface area (Å²) in [4.78, 5) is 25.5. The SMILES string of the molecule is Cc1nn(C(=O)c2ccc(NC(=O)C3CCCCC3)cc2)c(C)c1Cc1ccccc1. The summed E-state index contributed by atoms with van der Waals surface area (Å²) in [6.45, 7) is 3.88. The van der Waals surface area contributed by atoms with Crippen molar-refractivity contribution in [3.8, 4) is 0 Å². The van der Waals surface area contributed by atoms with Gasteiger partial charge in [-0.2, -0.15) is 5.10 Å². The van der Waals surface area contributed by atoms with Crippen LogP contribution in [0.5, 0.6) is 0 Å². The summed E-state index contributed by atoms with van der Waals surface area (Å²) in [6, 6.07) is 17.3. The van der Waals surface area contributed by atoms with Gasteiger partial charge in [0.2, 0.25) is 5.91 Å². The van der Waals surface area contributed by atoms with Gasteiger partial charge < -0.3 is 5.32 Å². The summed E-state index contributed by atoms with van der Waals surface area (Å²) in [5, 5.41) is 7.51. The van der Waals surface area contributed by atoms with E-state index in [1.54, 1.807) is 24.3 Å². The highest BCUT2D eigenvalue weighted by Crippen LogP contribution is 2.25. The molecule has 1 amide bonds. The molecule has 1 N–H and O–H groups in total. The third-order valence-electron chi connectivity index (χ3n) is 6.23. The van der Waals surface area contributed by atoms with E-state index in [2.05, 4.69) is 22.5 Å².